The van der Waals surface area contributed by atoms with Crippen molar-refractivity contribution in [1.29, 1.82) is 0 Å². The maximum absolute atomic E-state index is 13.0. The maximum atomic E-state index is 13.0. The average Bonchev–Trinajstić information content (AvgIpc) is 2.97. The van der Waals surface area contributed by atoms with E-state index in [2.05, 4.69) is 15.0 Å². The molecule has 3 aromatic carbocycles. The Kier molecular flexibility index (Phi) is 8.46. The van der Waals surface area contributed by atoms with Crippen molar-refractivity contribution in [1.82, 2.24) is 15.0 Å². The van der Waals surface area contributed by atoms with Gasteiger partial charge >= 0.3 is 0 Å². The second kappa shape index (κ2) is 12.2. The summed E-state index contributed by atoms with van der Waals surface area (Å²) < 4.78 is 34.2. The first-order valence-electron chi connectivity index (χ1n) is 12.8. The highest BCUT2D eigenvalue weighted by molar-refractivity contribution is 7.90. The number of nitrogens with one attached hydrogen (secondary N) is 2. The SMILES string of the molecule is O=C(NS(=O)(=O)c1cccc(-c2ccc3c(c2)CCC(CNCC(O)c2cccnc2)O3)c1)c1cccc(Cl)c1. The fourth-order valence-electron chi connectivity index (χ4n) is 4.55. The zero-order valence-electron chi connectivity index (χ0n) is 21.5. The van der Waals surface area contributed by atoms with Gasteiger partial charge in [0.25, 0.3) is 15.9 Å². The lowest BCUT2D eigenvalue weighted by Crippen LogP contribution is -2.36. The van der Waals surface area contributed by atoms with Gasteiger partial charge in [-0.15, -0.1) is 0 Å². The molecule has 10 heteroatoms. The van der Waals surface area contributed by atoms with E-state index < -0.39 is 22.0 Å². The lowest BCUT2D eigenvalue weighted by atomic mass is 9.97. The lowest BCUT2D eigenvalue weighted by Gasteiger charge is -2.27. The molecular formula is C30H28ClN3O5S. The Balaban J connectivity index is 1.22. The Labute approximate surface area is 238 Å². The van der Waals surface area contributed by atoms with E-state index in [1.165, 1.54) is 18.2 Å². The molecule has 3 N–H and O–H groups in total. The smallest absolute Gasteiger partial charge is 0.265 e. The van der Waals surface area contributed by atoms with Gasteiger partial charge in [0.1, 0.15) is 11.9 Å². The van der Waals surface area contributed by atoms with Crippen LogP contribution in [-0.2, 0) is 16.4 Å². The van der Waals surface area contributed by atoms with E-state index in [0.717, 1.165) is 35.3 Å². The number of rotatable bonds is 9. The standard InChI is InChI=1S/C30H28ClN3O5S/c31-25-7-1-5-23(15-25)30(36)34-40(37,38)27-8-2-4-20(16-27)21-10-12-29-22(14-21)9-11-26(39-29)18-33-19-28(35)24-6-3-13-32-17-24/h1-8,10,12-17,26,28,33,35H,9,11,18-19H2,(H,34,36). The molecule has 0 spiro atoms. The lowest BCUT2D eigenvalue weighted by molar-refractivity contribution is 0.0981. The van der Waals surface area contributed by atoms with Crippen LogP contribution >= 0.6 is 11.6 Å². The van der Waals surface area contributed by atoms with Crippen LogP contribution in [-0.4, -0.2) is 43.6 Å². The van der Waals surface area contributed by atoms with Crippen LogP contribution in [0.3, 0.4) is 0 Å². The summed E-state index contributed by atoms with van der Waals surface area (Å²) in [6.07, 6.45) is 4.25. The Bertz CT molecular complexity index is 1610. The van der Waals surface area contributed by atoms with Gasteiger partial charge in [-0.1, -0.05) is 41.9 Å². The van der Waals surface area contributed by atoms with Gasteiger partial charge in [0.05, 0.1) is 11.0 Å². The number of halogens is 1. The van der Waals surface area contributed by atoms with Gasteiger partial charge in [0.2, 0.25) is 0 Å². The quantitative estimate of drug-likeness (QED) is 0.267. The molecule has 1 amide bonds. The molecule has 0 saturated heterocycles. The Morgan fingerprint density at radius 2 is 1.88 bits per heavy atom. The summed E-state index contributed by atoms with van der Waals surface area (Å²) in [4.78, 5) is 16.5. The molecule has 0 radical (unpaired) electrons. The third-order valence-corrected chi connectivity index (χ3v) is 8.22. The highest BCUT2D eigenvalue weighted by Crippen LogP contribution is 2.32. The van der Waals surface area contributed by atoms with Gasteiger partial charge in [-0.05, 0) is 78.1 Å². The van der Waals surface area contributed by atoms with E-state index in [9.17, 15) is 18.3 Å². The van der Waals surface area contributed by atoms with E-state index in [1.807, 2.05) is 30.3 Å². The first-order valence-corrected chi connectivity index (χ1v) is 14.7. The van der Waals surface area contributed by atoms with Crippen LogP contribution in [0.4, 0.5) is 0 Å². The van der Waals surface area contributed by atoms with E-state index in [0.29, 0.717) is 23.7 Å². The molecule has 0 saturated carbocycles. The topological polar surface area (TPSA) is 118 Å². The number of aliphatic hydroxyl groups excluding tert-OH is 1. The predicted octanol–water partition coefficient (Wildman–Crippen LogP) is 4.54. The minimum absolute atomic E-state index is 0.0195. The van der Waals surface area contributed by atoms with Gasteiger partial charge in [0, 0.05) is 41.6 Å². The van der Waals surface area contributed by atoms with Crippen LogP contribution in [0.15, 0.2) is 96.2 Å². The monoisotopic (exact) mass is 577 g/mol. The van der Waals surface area contributed by atoms with Crippen molar-refractivity contribution in [3.8, 4) is 16.9 Å². The van der Waals surface area contributed by atoms with Crippen LogP contribution in [0.1, 0.15) is 34.0 Å². The number of carbonyl (C=O) groups excluding carboxylic acids is 1. The molecule has 2 atom stereocenters. The normalized spacial score (nSPS) is 15.5. The van der Waals surface area contributed by atoms with E-state index in [1.54, 1.807) is 42.7 Å². The zero-order valence-corrected chi connectivity index (χ0v) is 23.0. The fraction of sp³-hybridized carbons (Fsp3) is 0.200. The number of aryl methyl sites for hydroxylation is 1. The van der Waals surface area contributed by atoms with Crippen molar-refractivity contribution in [2.24, 2.45) is 0 Å². The summed E-state index contributed by atoms with van der Waals surface area (Å²) in [7, 11) is -4.10. The largest absolute Gasteiger partial charge is 0.489 e. The summed E-state index contributed by atoms with van der Waals surface area (Å²) in [6, 6.07) is 22.0. The molecule has 1 aliphatic heterocycles. The van der Waals surface area contributed by atoms with Gasteiger partial charge in [-0.2, -0.15) is 0 Å². The second-order valence-electron chi connectivity index (χ2n) is 9.53. The van der Waals surface area contributed by atoms with Crippen molar-refractivity contribution in [3.63, 3.8) is 0 Å². The number of nitrogens with zero attached hydrogens (tertiary/aromatic N) is 1. The predicted molar refractivity (Wildman–Crippen MR) is 153 cm³/mol. The van der Waals surface area contributed by atoms with Gasteiger partial charge in [-0.3, -0.25) is 9.78 Å². The average molecular weight is 578 g/mol. The highest BCUT2D eigenvalue weighted by atomic mass is 35.5. The van der Waals surface area contributed by atoms with E-state index in [-0.39, 0.29) is 16.6 Å². The van der Waals surface area contributed by atoms with Crippen LogP contribution in [0.2, 0.25) is 5.02 Å². The molecule has 2 heterocycles. The summed E-state index contributed by atoms with van der Waals surface area (Å²) in [5, 5.41) is 13.9. The summed E-state index contributed by atoms with van der Waals surface area (Å²) in [6.45, 7) is 0.996. The molecule has 0 bridgehead atoms. The van der Waals surface area contributed by atoms with Crippen molar-refractivity contribution < 1.29 is 23.1 Å². The number of fused-ring (bicyclic) bond motifs is 1. The van der Waals surface area contributed by atoms with E-state index in [4.69, 9.17) is 16.3 Å². The van der Waals surface area contributed by atoms with Gasteiger partial charge < -0.3 is 15.2 Å². The summed E-state index contributed by atoms with van der Waals surface area (Å²) >= 11 is 5.93. The first kappa shape index (κ1) is 27.8. The minimum atomic E-state index is -4.10. The highest BCUT2D eigenvalue weighted by Gasteiger charge is 2.22. The number of hydrogen-bond acceptors (Lipinski definition) is 7. The molecular weight excluding hydrogens is 550 g/mol. The molecule has 8 nitrogen and oxygen atoms in total. The number of pyridine rings is 1. The molecule has 1 aromatic heterocycles. The molecule has 1 aliphatic rings. The molecule has 5 rings (SSSR count). The third kappa shape index (κ3) is 6.68. The number of aromatic nitrogens is 1. The van der Waals surface area contributed by atoms with Crippen LogP contribution in [0.25, 0.3) is 11.1 Å². The second-order valence-corrected chi connectivity index (χ2v) is 11.7. The molecule has 0 fully saturated rings. The van der Waals surface area contributed by atoms with Gasteiger partial charge in [0.15, 0.2) is 0 Å². The first-order chi connectivity index (χ1) is 19.3. The van der Waals surface area contributed by atoms with E-state index >= 15 is 0 Å². The number of hydrogen-bond donors (Lipinski definition) is 3. The molecule has 4 aromatic rings. The number of amides is 1. The van der Waals surface area contributed by atoms with Gasteiger partial charge in [-0.25, -0.2) is 13.1 Å². The summed E-state index contributed by atoms with van der Waals surface area (Å²) in [5.41, 5.74) is 3.50. The zero-order chi connectivity index (χ0) is 28.1. The number of benzene rings is 3. The number of aliphatic hydroxyl groups is 1. The third-order valence-electron chi connectivity index (χ3n) is 6.66. The van der Waals surface area contributed by atoms with Crippen molar-refractivity contribution >= 4 is 27.5 Å². The number of ether oxygens (including phenoxy) is 1. The molecule has 0 aliphatic carbocycles. The Morgan fingerprint density at radius 1 is 1.05 bits per heavy atom. The van der Waals surface area contributed by atoms with Crippen molar-refractivity contribution in [3.05, 3.63) is 113 Å². The van der Waals surface area contributed by atoms with Crippen molar-refractivity contribution in [2.45, 2.75) is 29.9 Å². The molecule has 206 valence electrons. The molecule has 40 heavy (non-hydrogen) atoms. The maximum Gasteiger partial charge on any atom is 0.265 e. The molecule has 2 unspecified atom stereocenters. The Morgan fingerprint density at radius 3 is 2.67 bits per heavy atom. The Hall–Kier alpha value is -3.76. The number of carbonyl (C=O) groups is 1. The number of sulfonamides is 1. The van der Waals surface area contributed by atoms with Crippen LogP contribution in [0, 0.1) is 0 Å². The van der Waals surface area contributed by atoms with Crippen LogP contribution < -0.4 is 14.8 Å². The van der Waals surface area contributed by atoms with Crippen LogP contribution in [0.5, 0.6) is 5.75 Å². The fourth-order valence-corrected chi connectivity index (χ4v) is 5.76. The minimum Gasteiger partial charge on any atom is -0.489 e. The van der Waals surface area contributed by atoms with Crippen molar-refractivity contribution in [2.75, 3.05) is 13.1 Å². The summed E-state index contributed by atoms with van der Waals surface area (Å²) in [5.74, 6) is 0.0293.